The molecule has 8 nitrogen and oxygen atoms in total. The Morgan fingerprint density at radius 1 is 1.33 bits per heavy atom. The second-order valence-electron chi connectivity index (χ2n) is 6.09. The summed E-state index contributed by atoms with van der Waals surface area (Å²) in [5.41, 5.74) is 1.75. The molecule has 1 unspecified atom stereocenters. The van der Waals surface area contributed by atoms with Crippen LogP contribution in [0.3, 0.4) is 0 Å². The van der Waals surface area contributed by atoms with Crippen LogP contribution in [0.2, 0.25) is 5.28 Å². The summed E-state index contributed by atoms with van der Waals surface area (Å²) in [7, 11) is 3.80. The van der Waals surface area contributed by atoms with E-state index >= 15 is 0 Å². The van der Waals surface area contributed by atoms with Crippen LogP contribution in [0, 0.1) is 5.41 Å². The number of hydrogen-bond acceptors (Lipinski definition) is 7. The van der Waals surface area contributed by atoms with E-state index in [0.717, 1.165) is 12.8 Å². The molecule has 1 fully saturated rings. The Labute approximate surface area is 164 Å². The first-order valence-corrected chi connectivity index (χ1v) is 9.37. The fourth-order valence-electron chi connectivity index (χ4n) is 2.99. The summed E-state index contributed by atoms with van der Waals surface area (Å²) >= 11 is 5.92. The zero-order chi connectivity index (χ0) is 19.4. The highest BCUT2D eigenvalue weighted by Gasteiger charge is 2.26. The molecule has 0 bridgehead atoms. The Morgan fingerprint density at radius 3 is 2.59 bits per heavy atom. The topological polar surface area (TPSA) is 104 Å². The van der Waals surface area contributed by atoms with E-state index < -0.39 is 0 Å². The molecule has 142 valence electrons. The van der Waals surface area contributed by atoms with Gasteiger partial charge in [-0.2, -0.15) is 4.98 Å². The predicted molar refractivity (Wildman–Crippen MR) is 107 cm³/mol. The summed E-state index contributed by atoms with van der Waals surface area (Å²) in [5.74, 6) is 0.308. The van der Waals surface area contributed by atoms with Gasteiger partial charge in [-0.05, 0) is 36.6 Å². The number of nitrogens with one attached hydrogen (secondary N) is 2. The third-order valence-electron chi connectivity index (χ3n) is 4.35. The fraction of sp³-hybridized carbons (Fsp3) is 0.353. The minimum atomic E-state index is 0.00989. The minimum absolute atomic E-state index is 0.00989. The maximum Gasteiger partial charge on any atom is 0.253 e. The number of pyridine rings is 1. The number of ether oxygens (including phenoxy) is 1. The van der Waals surface area contributed by atoms with Gasteiger partial charge in [-0.1, -0.05) is 9.24 Å². The van der Waals surface area contributed by atoms with Gasteiger partial charge in [0.15, 0.2) is 0 Å². The van der Waals surface area contributed by atoms with Crippen LogP contribution in [0.15, 0.2) is 24.5 Å². The second-order valence-corrected chi connectivity index (χ2v) is 7.00. The van der Waals surface area contributed by atoms with Crippen LogP contribution in [-0.2, 0) is 0 Å². The Kier molecular flexibility index (Phi) is 6.19. The first kappa shape index (κ1) is 19.5. The van der Waals surface area contributed by atoms with Gasteiger partial charge in [0.1, 0.15) is 11.4 Å². The lowest BCUT2D eigenvalue weighted by molar-refractivity contribution is 0.0718. The van der Waals surface area contributed by atoms with Crippen molar-refractivity contribution in [3.05, 3.63) is 41.1 Å². The maximum absolute atomic E-state index is 12.5. The molecule has 0 aromatic carbocycles. The summed E-state index contributed by atoms with van der Waals surface area (Å²) in [5, 5.41) is 11.3. The van der Waals surface area contributed by atoms with Gasteiger partial charge in [0.05, 0.1) is 12.6 Å². The number of carbonyl (C=O) groups excluding carboxylic acids is 1. The van der Waals surface area contributed by atoms with Crippen molar-refractivity contribution in [3.63, 3.8) is 0 Å². The van der Waals surface area contributed by atoms with E-state index in [0.29, 0.717) is 35.9 Å². The molecular weight excluding hydrogens is 387 g/mol. The highest BCUT2D eigenvalue weighted by Crippen LogP contribution is 2.30. The minimum Gasteiger partial charge on any atom is -0.479 e. The van der Waals surface area contributed by atoms with Crippen molar-refractivity contribution in [2.24, 2.45) is 0 Å². The van der Waals surface area contributed by atoms with E-state index in [1.54, 1.807) is 24.5 Å². The molecule has 2 aromatic heterocycles. The maximum atomic E-state index is 12.5. The van der Waals surface area contributed by atoms with Crippen molar-refractivity contribution >= 4 is 37.9 Å². The van der Waals surface area contributed by atoms with E-state index in [1.807, 2.05) is 4.90 Å². The number of piperidine rings is 1. The van der Waals surface area contributed by atoms with E-state index in [-0.39, 0.29) is 22.7 Å². The number of hydrogen-bond donors (Lipinski definition) is 2. The van der Waals surface area contributed by atoms with E-state index in [9.17, 15) is 4.79 Å². The third kappa shape index (κ3) is 4.51. The van der Waals surface area contributed by atoms with Crippen molar-refractivity contribution in [2.75, 3.05) is 25.5 Å². The molecule has 0 aliphatic carbocycles. The number of amides is 1. The standard InChI is InChI=1S/C17H20ClN6O2P/c1-26-15-13(12(14(19)27)22-17(18)23-15)21-11-4-8-24(9-5-11)16(25)10-2-6-20-7-3-10/h2-3,6-7,11,19,21H,4-5,8-9,27H2,1H3. The first-order valence-electron chi connectivity index (χ1n) is 8.41. The molecule has 1 aliphatic rings. The van der Waals surface area contributed by atoms with Crippen LogP contribution >= 0.6 is 20.8 Å². The molecule has 2 N–H and O–H groups in total. The average molecular weight is 407 g/mol. The molecule has 10 heteroatoms. The molecule has 1 aliphatic heterocycles. The van der Waals surface area contributed by atoms with Crippen LogP contribution in [0.1, 0.15) is 28.9 Å². The van der Waals surface area contributed by atoms with E-state index in [2.05, 4.69) is 29.5 Å². The largest absolute Gasteiger partial charge is 0.479 e. The van der Waals surface area contributed by atoms with Crippen molar-refractivity contribution < 1.29 is 9.53 Å². The summed E-state index contributed by atoms with van der Waals surface area (Å²) in [4.78, 5) is 26.5. The molecule has 1 amide bonds. The number of rotatable bonds is 5. The normalized spacial score (nSPS) is 14.7. The highest BCUT2D eigenvalue weighted by atomic mass is 35.5. The third-order valence-corrected chi connectivity index (χ3v) is 4.80. The number of likely N-dealkylation sites (tertiary alicyclic amines) is 1. The SMILES string of the molecule is COc1nc(Cl)nc(C(=N)P)c1NC1CCN(C(=O)c2ccncc2)CC1. The van der Waals surface area contributed by atoms with Crippen molar-refractivity contribution in [1.29, 1.82) is 5.41 Å². The summed E-state index contributed by atoms with van der Waals surface area (Å²) < 4.78 is 5.30. The molecule has 3 heterocycles. The average Bonchev–Trinajstić information content (AvgIpc) is 2.69. The zero-order valence-electron chi connectivity index (χ0n) is 14.8. The van der Waals surface area contributed by atoms with Gasteiger partial charge >= 0.3 is 0 Å². The highest BCUT2D eigenvalue weighted by molar-refractivity contribution is 7.41. The molecule has 2 aromatic rings. The van der Waals surface area contributed by atoms with Gasteiger partial charge in [-0.15, -0.1) is 0 Å². The number of carbonyl (C=O) groups is 1. The molecule has 27 heavy (non-hydrogen) atoms. The molecular formula is C17H20ClN6O2P. The summed E-state index contributed by atoms with van der Waals surface area (Å²) in [6, 6.07) is 3.55. The first-order chi connectivity index (χ1) is 13.0. The lowest BCUT2D eigenvalue weighted by Gasteiger charge is -2.33. The number of anilines is 1. The van der Waals surface area contributed by atoms with Crippen LogP contribution in [0.4, 0.5) is 5.69 Å². The quantitative estimate of drug-likeness (QED) is 0.449. The summed E-state index contributed by atoms with van der Waals surface area (Å²) in [6.45, 7) is 1.26. The summed E-state index contributed by atoms with van der Waals surface area (Å²) in [6.07, 6.45) is 4.75. The van der Waals surface area contributed by atoms with Crippen LogP contribution in [-0.4, -0.2) is 57.5 Å². The fourth-order valence-corrected chi connectivity index (χ4v) is 3.37. The molecule has 0 saturated carbocycles. The van der Waals surface area contributed by atoms with Gasteiger partial charge in [-0.25, -0.2) is 4.98 Å². The predicted octanol–water partition coefficient (Wildman–Crippen LogP) is 2.45. The van der Waals surface area contributed by atoms with Crippen molar-refractivity contribution in [3.8, 4) is 5.88 Å². The Morgan fingerprint density at radius 2 is 2.00 bits per heavy atom. The zero-order valence-corrected chi connectivity index (χ0v) is 16.7. The second kappa shape index (κ2) is 8.59. The molecule has 3 rings (SSSR count). The molecule has 0 radical (unpaired) electrons. The van der Waals surface area contributed by atoms with Crippen molar-refractivity contribution in [1.82, 2.24) is 19.9 Å². The van der Waals surface area contributed by atoms with Crippen molar-refractivity contribution in [2.45, 2.75) is 18.9 Å². The monoisotopic (exact) mass is 406 g/mol. The molecule has 0 spiro atoms. The van der Waals surface area contributed by atoms with Crippen LogP contribution in [0.25, 0.3) is 0 Å². The van der Waals surface area contributed by atoms with E-state index in [4.69, 9.17) is 21.7 Å². The number of methoxy groups -OCH3 is 1. The molecule has 1 atom stereocenters. The number of halogens is 1. The van der Waals surface area contributed by atoms with Gasteiger partial charge in [-0.3, -0.25) is 15.2 Å². The van der Waals surface area contributed by atoms with Gasteiger partial charge in [0, 0.05) is 37.1 Å². The van der Waals surface area contributed by atoms with Gasteiger partial charge < -0.3 is 15.0 Å². The smallest absolute Gasteiger partial charge is 0.253 e. The lowest BCUT2D eigenvalue weighted by Crippen LogP contribution is -2.42. The molecule has 1 saturated heterocycles. The Bertz CT molecular complexity index is 843. The van der Waals surface area contributed by atoms with Gasteiger partial charge in [0.2, 0.25) is 11.2 Å². The van der Waals surface area contributed by atoms with Gasteiger partial charge in [0.25, 0.3) is 5.91 Å². The lowest BCUT2D eigenvalue weighted by atomic mass is 10.0. The number of nitrogens with zero attached hydrogens (tertiary/aromatic N) is 4. The van der Waals surface area contributed by atoms with Crippen LogP contribution < -0.4 is 10.1 Å². The number of aromatic nitrogens is 3. The Balaban J connectivity index is 1.69. The van der Waals surface area contributed by atoms with E-state index in [1.165, 1.54) is 7.11 Å². The van der Waals surface area contributed by atoms with Crippen LogP contribution in [0.5, 0.6) is 5.88 Å². The Hall–Kier alpha value is -2.31.